The Morgan fingerprint density at radius 3 is 2.52 bits per heavy atom. The number of carbonyl (C=O) groups is 3. The minimum atomic E-state index is -0.901. The van der Waals surface area contributed by atoms with Crippen molar-refractivity contribution >= 4 is 35.2 Å². The number of nitrogens with one attached hydrogen (secondary N) is 2. The molecule has 0 heterocycles. The maximum Gasteiger partial charge on any atom is 0.325 e. The van der Waals surface area contributed by atoms with Crippen LogP contribution in [0.25, 0.3) is 0 Å². The van der Waals surface area contributed by atoms with Crippen LogP contribution in [0.4, 0.5) is 10.5 Å². The molecule has 1 rings (SSSR count). The first kappa shape index (κ1) is 17.0. The van der Waals surface area contributed by atoms with Gasteiger partial charge in [0.15, 0.2) is 0 Å². The molecule has 7 heteroatoms. The van der Waals surface area contributed by atoms with E-state index in [1.54, 1.807) is 18.2 Å². The van der Waals surface area contributed by atoms with Crippen molar-refractivity contribution in [1.29, 1.82) is 0 Å². The largest absolute Gasteiger partial charge is 0.481 e. The fraction of sp³-hybridized carbons (Fsp3) is 0.357. The maximum atomic E-state index is 11.6. The van der Waals surface area contributed by atoms with Crippen molar-refractivity contribution in [3.8, 4) is 0 Å². The Kier molecular flexibility index (Phi) is 6.68. The van der Waals surface area contributed by atoms with Gasteiger partial charge in [0.05, 0.1) is 10.7 Å². The summed E-state index contributed by atoms with van der Waals surface area (Å²) in [5.74, 6) is -1.36. The first-order chi connectivity index (χ1) is 9.88. The molecule has 0 fully saturated rings. The predicted octanol–water partition coefficient (Wildman–Crippen LogP) is 2.94. The van der Waals surface area contributed by atoms with E-state index in [4.69, 9.17) is 16.7 Å². The quantitative estimate of drug-likeness (QED) is 0.704. The molecule has 1 aromatic rings. The minimum absolute atomic E-state index is 0.0123. The number of hydrogen-bond acceptors (Lipinski definition) is 3. The van der Waals surface area contributed by atoms with Crippen LogP contribution in [-0.4, -0.2) is 23.0 Å². The lowest BCUT2D eigenvalue weighted by atomic mass is 10.2. The number of amides is 3. The van der Waals surface area contributed by atoms with E-state index in [0.717, 1.165) is 5.56 Å². The number of carboxylic acids is 1. The Morgan fingerprint density at radius 2 is 1.86 bits per heavy atom. The van der Waals surface area contributed by atoms with E-state index >= 15 is 0 Å². The summed E-state index contributed by atoms with van der Waals surface area (Å²) in [4.78, 5) is 33.4. The molecule has 0 aliphatic heterocycles. The van der Waals surface area contributed by atoms with Gasteiger partial charge in [0.1, 0.15) is 0 Å². The normalized spacial score (nSPS) is 10.0. The average Bonchev–Trinajstić information content (AvgIpc) is 2.38. The summed E-state index contributed by atoms with van der Waals surface area (Å²) < 4.78 is 0. The molecular formula is C14H17ClN2O4. The van der Waals surface area contributed by atoms with Crippen molar-refractivity contribution < 1.29 is 19.5 Å². The lowest BCUT2D eigenvalue weighted by Crippen LogP contribution is -2.34. The molecule has 3 amide bonds. The number of aliphatic carboxylic acids is 1. The van der Waals surface area contributed by atoms with Gasteiger partial charge in [-0.05, 0) is 37.5 Å². The molecule has 1 aromatic carbocycles. The second-order valence-corrected chi connectivity index (χ2v) is 4.99. The summed E-state index contributed by atoms with van der Waals surface area (Å²) >= 11 is 5.93. The smallest absolute Gasteiger partial charge is 0.325 e. The molecule has 0 bridgehead atoms. The third-order valence-corrected chi connectivity index (χ3v) is 3.00. The molecule has 3 N–H and O–H groups in total. The molecule has 6 nitrogen and oxygen atoms in total. The molecule has 0 spiro atoms. The van der Waals surface area contributed by atoms with E-state index in [2.05, 4.69) is 10.6 Å². The predicted molar refractivity (Wildman–Crippen MR) is 79.5 cm³/mol. The SMILES string of the molecule is Cc1ccc(Cl)c(NC(=O)NC(=O)CCCCC(=O)O)c1. The highest BCUT2D eigenvalue weighted by Gasteiger charge is 2.10. The topological polar surface area (TPSA) is 95.5 Å². The summed E-state index contributed by atoms with van der Waals surface area (Å²) in [7, 11) is 0. The fourth-order valence-electron chi connectivity index (χ4n) is 1.64. The summed E-state index contributed by atoms with van der Waals surface area (Å²) in [5, 5.41) is 13.5. The van der Waals surface area contributed by atoms with Gasteiger partial charge < -0.3 is 10.4 Å². The Bertz CT molecular complexity index is 546. The Hall–Kier alpha value is -2.08. The zero-order valence-corrected chi connectivity index (χ0v) is 12.4. The first-order valence-corrected chi connectivity index (χ1v) is 6.85. The van der Waals surface area contributed by atoms with Crippen LogP contribution in [0.3, 0.4) is 0 Å². The third kappa shape index (κ3) is 6.76. The molecule has 0 aliphatic rings. The standard InChI is InChI=1S/C14H17ClN2O4/c1-9-6-7-10(15)11(8-9)16-14(21)17-12(18)4-2-3-5-13(19)20/h6-8H,2-5H2,1H3,(H,19,20)(H2,16,17,18,21). The van der Waals surface area contributed by atoms with Crippen LogP contribution in [0.2, 0.25) is 5.02 Å². The van der Waals surface area contributed by atoms with E-state index in [1.165, 1.54) is 0 Å². The lowest BCUT2D eigenvalue weighted by Gasteiger charge is -2.09. The Balaban J connectivity index is 2.37. The van der Waals surface area contributed by atoms with Gasteiger partial charge in [-0.15, -0.1) is 0 Å². The number of urea groups is 1. The van der Waals surface area contributed by atoms with Crippen LogP contribution in [0.15, 0.2) is 18.2 Å². The van der Waals surface area contributed by atoms with Crippen LogP contribution in [0.5, 0.6) is 0 Å². The highest BCUT2D eigenvalue weighted by atomic mass is 35.5. The number of aryl methyl sites for hydroxylation is 1. The third-order valence-electron chi connectivity index (χ3n) is 2.67. The number of carboxylic acid groups (broad SMARTS) is 1. The number of hydrogen-bond donors (Lipinski definition) is 3. The monoisotopic (exact) mass is 312 g/mol. The number of rotatable bonds is 6. The molecule has 0 atom stereocenters. The van der Waals surface area contributed by atoms with Gasteiger partial charge in [0, 0.05) is 12.8 Å². The number of unbranched alkanes of at least 4 members (excludes halogenated alkanes) is 1. The lowest BCUT2D eigenvalue weighted by molar-refractivity contribution is -0.137. The molecule has 0 unspecified atom stereocenters. The van der Waals surface area contributed by atoms with E-state index in [-0.39, 0.29) is 12.8 Å². The van der Waals surface area contributed by atoms with Crippen molar-refractivity contribution in [2.24, 2.45) is 0 Å². The van der Waals surface area contributed by atoms with Crippen LogP contribution < -0.4 is 10.6 Å². The van der Waals surface area contributed by atoms with Crippen molar-refractivity contribution in [2.75, 3.05) is 5.32 Å². The van der Waals surface area contributed by atoms with Crippen LogP contribution in [-0.2, 0) is 9.59 Å². The average molecular weight is 313 g/mol. The van der Waals surface area contributed by atoms with Crippen LogP contribution in [0.1, 0.15) is 31.2 Å². The van der Waals surface area contributed by atoms with Gasteiger partial charge in [0.2, 0.25) is 5.91 Å². The zero-order valence-electron chi connectivity index (χ0n) is 11.6. The Labute approximate surface area is 127 Å². The van der Waals surface area contributed by atoms with E-state index < -0.39 is 17.9 Å². The van der Waals surface area contributed by atoms with Crippen molar-refractivity contribution in [2.45, 2.75) is 32.6 Å². The summed E-state index contributed by atoms with van der Waals surface area (Å²) in [6.45, 7) is 1.85. The van der Waals surface area contributed by atoms with Gasteiger partial charge in [-0.25, -0.2) is 4.79 Å². The van der Waals surface area contributed by atoms with Crippen molar-refractivity contribution in [1.82, 2.24) is 5.32 Å². The van der Waals surface area contributed by atoms with E-state index in [0.29, 0.717) is 23.6 Å². The van der Waals surface area contributed by atoms with Crippen LogP contribution >= 0.6 is 11.6 Å². The number of imide groups is 1. The van der Waals surface area contributed by atoms with Gasteiger partial charge in [-0.2, -0.15) is 0 Å². The first-order valence-electron chi connectivity index (χ1n) is 6.47. The second-order valence-electron chi connectivity index (χ2n) is 4.59. The highest BCUT2D eigenvalue weighted by Crippen LogP contribution is 2.22. The summed E-state index contributed by atoms with van der Waals surface area (Å²) in [6, 6.07) is 4.49. The zero-order chi connectivity index (χ0) is 15.8. The summed E-state index contributed by atoms with van der Waals surface area (Å²) in [5.41, 5.74) is 1.35. The molecule has 0 aromatic heterocycles. The van der Waals surface area contributed by atoms with Crippen molar-refractivity contribution in [3.05, 3.63) is 28.8 Å². The van der Waals surface area contributed by atoms with Gasteiger partial charge >= 0.3 is 12.0 Å². The molecule has 0 radical (unpaired) electrons. The summed E-state index contributed by atoms with van der Waals surface area (Å²) in [6.07, 6.45) is 0.922. The fourth-order valence-corrected chi connectivity index (χ4v) is 1.80. The van der Waals surface area contributed by atoms with E-state index in [1.807, 2.05) is 6.92 Å². The van der Waals surface area contributed by atoms with Crippen LogP contribution in [0, 0.1) is 6.92 Å². The van der Waals surface area contributed by atoms with E-state index in [9.17, 15) is 14.4 Å². The maximum absolute atomic E-state index is 11.6. The number of anilines is 1. The second kappa shape index (κ2) is 8.26. The Morgan fingerprint density at radius 1 is 1.19 bits per heavy atom. The molecule has 114 valence electrons. The van der Waals surface area contributed by atoms with Gasteiger partial charge in [-0.3, -0.25) is 14.9 Å². The number of carbonyl (C=O) groups excluding carboxylic acids is 2. The number of halogens is 1. The molecular weight excluding hydrogens is 296 g/mol. The van der Waals surface area contributed by atoms with Crippen molar-refractivity contribution in [3.63, 3.8) is 0 Å². The molecule has 21 heavy (non-hydrogen) atoms. The molecule has 0 aliphatic carbocycles. The molecule has 0 saturated heterocycles. The molecule has 0 saturated carbocycles. The van der Waals surface area contributed by atoms with Gasteiger partial charge in [0.25, 0.3) is 0 Å². The number of benzene rings is 1. The van der Waals surface area contributed by atoms with Gasteiger partial charge in [-0.1, -0.05) is 17.7 Å². The minimum Gasteiger partial charge on any atom is -0.481 e. The highest BCUT2D eigenvalue weighted by molar-refractivity contribution is 6.33.